The minimum Gasteiger partial charge on any atom is -0.338 e. The van der Waals surface area contributed by atoms with Gasteiger partial charge in [0.1, 0.15) is 5.82 Å². The Morgan fingerprint density at radius 3 is 2.55 bits per heavy atom. The number of carbonyl (C=O) groups is 2. The van der Waals surface area contributed by atoms with Crippen LogP contribution in [0.15, 0.2) is 48.5 Å². The molecule has 0 bridgehead atoms. The van der Waals surface area contributed by atoms with Crippen molar-refractivity contribution in [2.24, 2.45) is 5.92 Å². The summed E-state index contributed by atoms with van der Waals surface area (Å²) in [4.78, 5) is 35.2. The fourth-order valence-corrected chi connectivity index (χ4v) is 5.42. The molecule has 2 amide bonds. The lowest BCUT2D eigenvalue weighted by Crippen LogP contribution is -2.56. The van der Waals surface area contributed by atoms with Crippen molar-refractivity contribution in [3.05, 3.63) is 76.7 Å². The number of amides is 2. The van der Waals surface area contributed by atoms with E-state index in [1.807, 2.05) is 47.9 Å². The van der Waals surface area contributed by atoms with E-state index < -0.39 is 0 Å². The van der Waals surface area contributed by atoms with Crippen LogP contribution in [0.5, 0.6) is 0 Å². The number of aryl methyl sites for hydroxylation is 2. The van der Waals surface area contributed by atoms with Crippen LogP contribution in [0.1, 0.15) is 51.2 Å². The fourth-order valence-electron chi connectivity index (χ4n) is 5.42. The molecule has 2 atom stereocenters. The molecule has 3 heterocycles. The number of benzene rings is 2. The SMILES string of the molecule is Cc1ccc2nc(C)cc(C(=O)N3CCC[C@@H]4CN(C(=O)c5ccc(F)cc5)CC[C@@H]43)c2c1. The number of nitrogens with zero attached hydrogens (tertiary/aromatic N) is 3. The molecule has 5 nitrogen and oxygen atoms in total. The third-order valence-corrected chi connectivity index (χ3v) is 7.03. The zero-order valence-corrected chi connectivity index (χ0v) is 19.1. The fraction of sp³-hybridized carbons (Fsp3) is 0.370. The van der Waals surface area contributed by atoms with Gasteiger partial charge in [-0.15, -0.1) is 0 Å². The standard InChI is InChI=1S/C27H28FN3O2/c1-17-5-10-24-22(14-17)23(15-18(2)29-24)27(33)31-12-3-4-20-16-30(13-11-25(20)31)26(32)19-6-8-21(28)9-7-19/h5-10,14-15,20,25H,3-4,11-13,16H2,1-2H3/t20-,25+/m1/s1. The zero-order chi connectivity index (χ0) is 23.1. The molecule has 0 radical (unpaired) electrons. The molecule has 2 saturated heterocycles. The normalized spacial score (nSPS) is 20.6. The Bertz CT molecular complexity index is 1220. The van der Waals surface area contributed by atoms with Crippen molar-refractivity contribution < 1.29 is 14.0 Å². The number of hydrogen-bond acceptors (Lipinski definition) is 3. The molecule has 2 aliphatic rings. The molecule has 0 spiro atoms. The summed E-state index contributed by atoms with van der Waals surface area (Å²) in [5.74, 6) is -0.107. The number of fused-ring (bicyclic) bond motifs is 2. The first-order valence-corrected chi connectivity index (χ1v) is 11.6. The molecule has 1 aromatic heterocycles. The topological polar surface area (TPSA) is 53.5 Å². The van der Waals surface area contributed by atoms with E-state index in [2.05, 4.69) is 4.98 Å². The van der Waals surface area contributed by atoms with Crippen molar-refractivity contribution in [1.29, 1.82) is 0 Å². The molecular weight excluding hydrogens is 417 g/mol. The van der Waals surface area contributed by atoms with Crippen LogP contribution < -0.4 is 0 Å². The summed E-state index contributed by atoms with van der Waals surface area (Å²) in [6.07, 6.45) is 2.67. The zero-order valence-electron chi connectivity index (χ0n) is 19.1. The molecular formula is C27H28FN3O2. The van der Waals surface area contributed by atoms with Crippen LogP contribution in [0.2, 0.25) is 0 Å². The lowest BCUT2D eigenvalue weighted by Gasteiger charge is -2.47. The first kappa shape index (κ1) is 21.6. The lowest BCUT2D eigenvalue weighted by molar-refractivity contribution is 0.0198. The highest BCUT2D eigenvalue weighted by molar-refractivity contribution is 6.06. The summed E-state index contributed by atoms with van der Waals surface area (Å²) in [7, 11) is 0. The Kier molecular flexibility index (Phi) is 5.60. The van der Waals surface area contributed by atoms with Crippen molar-refractivity contribution in [2.75, 3.05) is 19.6 Å². The monoisotopic (exact) mass is 445 g/mol. The average molecular weight is 446 g/mol. The van der Waals surface area contributed by atoms with Crippen molar-refractivity contribution in [2.45, 2.75) is 39.2 Å². The van der Waals surface area contributed by atoms with Gasteiger partial charge in [0.15, 0.2) is 0 Å². The van der Waals surface area contributed by atoms with Crippen molar-refractivity contribution in [3.63, 3.8) is 0 Å². The number of rotatable bonds is 2. The van der Waals surface area contributed by atoms with E-state index in [1.165, 1.54) is 12.1 Å². The maximum atomic E-state index is 13.8. The number of aromatic nitrogens is 1. The minimum absolute atomic E-state index is 0.0594. The third kappa shape index (κ3) is 4.10. The van der Waals surface area contributed by atoms with E-state index in [4.69, 9.17) is 0 Å². The van der Waals surface area contributed by atoms with Gasteiger partial charge in [-0.2, -0.15) is 0 Å². The summed E-state index contributed by atoms with van der Waals surface area (Å²) >= 11 is 0. The molecule has 170 valence electrons. The second-order valence-corrected chi connectivity index (χ2v) is 9.35. The maximum absolute atomic E-state index is 13.8. The van der Waals surface area contributed by atoms with Gasteiger partial charge in [0.25, 0.3) is 11.8 Å². The van der Waals surface area contributed by atoms with Crippen LogP contribution in [0.25, 0.3) is 10.9 Å². The van der Waals surface area contributed by atoms with Gasteiger partial charge in [-0.3, -0.25) is 14.6 Å². The average Bonchev–Trinajstić information content (AvgIpc) is 2.82. The second kappa shape index (κ2) is 8.58. The first-order valence-electron chi connectivity index (χ1n) is 11.6. The Balaban J connectivity index is 1.38. The van der Waals surface area contributed by atoms with E-state index in [-0.39, 0.29) is 29.6 Å². The molecule has 5 rings (SSSR count). The predicted octanol–water partition coefficient (Wildman–Crippen LogP) is 4.76. The van der Waals surface area contributed by atoms with Crippen molar-refractivity contribution >= 4 is 22.7 Å². The van der Waals surface area contributed by atoms with Gasteiger partial charge >= 0.3 is 0 Å². The molecule has 0 unspecified atom stereocenters. The molecule has 3 aromatic rings. The Labute approximate surface area is 193 Å². The van der Waals surface area contributed by atoms with Gasteiger partial charge < -0.3 is 9.80 Å². The molecule has 33 heavy (non-hydrogen) atoms. The second-order valence-electron chi connectivity index (χ2n) is 9.35. The summed E-state index contributed by atoms with van der Waals surface area (Å²) in [6, 6.07) is 13.8. The molecule has 0 N–H and O–H groups in total. The third-order valence-electron chi connectivity index (χ3n) is 7.03. The van der Waals surface area contributed by atoms with Gasteiger partial charge in [-0.05, 0) is 81.5 Å². The first-order chi connectivity index (χ1) is 15.9. The molecule has 0 saturated carbocycles. The summed E-state index contributed by atoms with van der Waals surface area (Å²) in [5.41, 5.74) is 4.01. The smallest absolute Gasteiger partial charge is 0.254 e. The summed E-state index contributed by atoms with van der Waals surface area (Å²) < 4.78 is 13.3. The molecule has 2 fully saturated rings. The number of pyridine rings is 1. The van der Waals surface area contributed by atoms with Gasteiger partial charge in [0, 0.05) is 42.3 Å². The number of piperidine rings is 2. The molecule has 6 heteroatoms. The van der Waals surface area contributed by atoms with Gasteiger partial charge in [-0.1, -0.05) is 11.6 Å². The van der Waals surface area contributed by atoms with Crippen molar-refractivity contribution in [1.82, 2.24) is 14.8 Å². The van der Waals surface area contributed by atoms with E-state index >= 15 is 0 Å². The Morgan fingerprint density at radius 2 is 1.76 bits per heavy atom. The van der Waals surface area contributed by atoms with Crippen LogP contribution in [0.4, 0.5) is 4.39 Å². The highest BCUT2D eigenvalue weighted by Gasteiger charge is 2.40. The van der Waals surface area contributed by atoms with E-state index in [0.717, 1.165) is 48.0 Å². The van der Waals surface area contributed by atoms with Crippen LogP contribution in [-0.2, 0) is 0 Å². The number of likely N-dealkylation sites (tertiary alicyclic amines) is 2. The lowest BCUT2D eigenvalue weighted by atomic mass is 9.83. The van der Waals surface area contributed by atoms with Crippen LogP contribution in [0, 0.1) is 25.6 Å². The van der Waals surface area contributed by atoms with Gasteiger partial charge in [0.2, 0.25) is 0 Å². The Hall–Kier alpha value is -3.28. The number of hydrogen-bond donors (Lipinski definition) is 0. The maximum Gasteiger partial charge on any atom is 0.254 e. The number of carbonyl (C=O) groups excluding carboxylic acids is 2. The summed E-state index contributed by atoms with van der Waals surface area (Å²) in [6.45, 7) is 5.91. The highest BCUT2D eigenvalue weighted by Crippen LogP contribution is 2.33. The molecule has 2 aliphatic heterocycles. The Morgan fingerprint density at radius 1 is 0.970 bits per heavy atom. The largest absolute Gasteiger partial charge is 0.338 e. The van der Waals surface area contributed by atoms with Crippen LogP contribution in [-0.4, -0.2) is 52.3 Å². The minimum atomic E-state index is -0.347. The number of halogens is 1. The molecule has 2 aromatic carbocycles. The quantitative estimate of drug-likeness (QED) is 0.572. The van der Waals surface area contributed by atoms with E-state index in [1.54, 1.807) is 12.1 Å². The van der Waals surface area contributed by atoms with Crippen LogP contribution >= 0.6 is 0 Å². The van der Waals surface area contributed by atoms with Crippen molar-refractivity contribution in [3.8, 4) is 0 Å². The van der Waals surface area contributed by atoms with E-state index in [0.29, 0.717) is 24.2 Å². The highest BCUT2D eigenvalue weighted by atomic mass is 19.1. The van der Waals surface area contributed by atoms with Crippen LogP contribution in [0.3, 0.4) is 0 Å². The van der Waals surface area contributed by atoms with Gasteiger partial charge in [0.05, 0.1) is 11.1 Å². The summed E-state index contributed by atoms with van der Waals surface area (Å²) in [5, 5.41) is 0.900. The predicted molar refractivity (Wildman–Crippen MR) is 126 cm³/mol. The van der Waals surface area contributed by atoms with Gasteiger partial charge in [-0.25, -0.2) is 4.39 Å². The van der Waals surface area contributed by atoms with E-state index in [9.17, 15) is 14.0 Å². The molecule has 0 aliphatic carbocycles.